The maximum atomic E-state index is 11.6. The van der Waals surface area contributed by atoms with Gasteiger partial charge in [0.15, 0.2) is 0 Å². The molecule has 0 bridgehead atoms. The molecule has 4 unspecified atom stereocenters. The fraction of sp³-hybridized carbons (Fsp3) is 0.900. The minimum absolute atomic E-state index is 0.151. The number of fused-ring (bicyclic) bond motifs is 1. The Kier molecular flexibility index (Phi) is 2.73. The molecule has 0 aliphatic heterocycles. The van der Waals surface area contributed by atoms with E-state index < -0.39 is 12.1 Å². The number of carbonyl (C=O) groups is 1. The molecule has 0 heterocycles. The second-order valence-electron chi connectivity index (χ2n) is 4.42. The number of ether oxygens (including phenoxy) is 1. The number of hydrogen-bond acceptors (Lipinski definition) is 4. The van der Waals surface area contributed by atoms with Crippen LogP contribution >= 0.6 is 0 Å². The molecule has 4 atom stereocenters. The van der Waals surface area contributed by atoms with Gasteiger partial charge in [-0.15, -0.1) is 0 Å². The van der Waals surface area contributed by atoms with Crippen molar-refractivity contribution < 1.29 is 14.5 Å². The molecule has 0 aromatic carbocycles. The van der Waals surface area contributed by atoms with Crippen LogP contribution in [0.4, 0.5) is 0 Å². The van der Waals surface area contributed by atoms with E-state index in [0.717, 1.165) is 12.8 Å². The van der Waals surface area contributed by atoms with Gasteiger partial charge in [-0.1, -0.05) is 0 Å². The van der Waals surface area contributed by atoms with Crippen molar-refractivity contribution in [3.8, 4) is 0 Å². The molecule has 84 valence electrons. The minimum atomic E-state index is -0.696. The normalized spacial score (nSPS) is 40.2. The number of nitrogens with zero attached hydrogens (tertiary/aromatic N) is 1. The first-order chi connectivity index (χ1) is 7.15. The molecule has 2 aliphatic carbocycles. The molecule has 5 nitrogen and oxygen atoms in total. The van der Waals surface area contributed by atoms with Crippen LogP contribution in [0.25, 0.3) is 0 Å². The summed E-state index contributed by atoms with van der Waals surface area (Å²) in [6, 6.07) is -0.696. The highest BCUT2D eigenvalue weighted by Gasteiger charge is 2.51. The number of rotatable bonds is 2. The van der Waals surface area contributed by atoms with Crippen molar-refractivity contribution in [1.82, 2.24) is 0 Å². The number of ketones is 1. The summed E-state index contributed by atoms with van der Waals surface area (Å²) in [6.07, 6.45) is 2.28. The second-order valence-corrected chi connectivity index (χ2v) is 4.42. The van der Waals surface area contributed by atoms with Crippen molar-refractivity contribution in [1.29, 1.82) is 0 Å². The third-order valence-corrected chi connectivity index (χ3v) is 3.75. The fourth-order valence-corrected chi connectivity index (χ4v) is 3.03. The average Bonchev–Trinajstić information content (AvgIpc) is 2.59. The molecule has 0 amide bonds. The van der Waals surface area contributed by atoms with E-state index in [-0.39, 0.29) is 16.6 Å². The molecule has 2 fully saturated rings. The third-order valence-electron chi connectivity index (χ3n) is 3.75. The quantitative estimate of drug-likeness (QED) is 0.507. The summed E-state index contributed by atoms with van der Waals surface area (Å²) < 4.78 is 5.19. The first kappa shape index (κ1) is 10.5. The van der Waals surface area contributed by atoms with E-state index in [1.807, 2.05) is 0 Å². The summed E-state index contributed by atoms with van der Waals surface area (Å²) in [5.41, 5.74) is 0. The number of nitro groups is 1. The van der Waals surface area contributed by atoms with Crippen LogP contribution in [0, 0.1) is 22.0 Å². The summed E-state index contributed by atoms with van der Waals surface area (Å²) in [7, 11) is 1.47. The second kappa shape index (κ2) is 3.89. The lowest BCUT2D eigenvalue weighted by atomic mass is 9.76. The molecular formula is C10H15NO4. The van der Waals surface area contributed by atoms with Crippen molar-refractivity contribution in [2.75, 3.05) is 7.11 Å². The Hall–Kier alpha value is -0.970. The first-order valence-corrected chi connectivity index (χ1v) is 5.34. The lowest BCUT2D eigenvalue weighted by Crippen LogP contribution is -2.47. The van der Waals surface area contributed by atoms with E-state index in [1.54, 1.807) is 0 Å². The van der Waals surface area contributed by atoms with E-state index >= 15 is 0 Å². The van der Waals surface area contributed by atoms with Crippen LogP contribution in [-0.4, -0.2) is 30.0 Å². The molecule has 0 aromatic rings. The lowest BCUT2D eigenvalue weighted by Gasteiger charge is -2.33. The molecule has 0 spiro atoms. The largest absolute Gasteiger partial charge is 0.374 e. The first-order valence-electron chi connectivity index (χ1n) is 5.34. The highest BCUT2D eigenvalue weighted by Crippen LogP contribution is 2.41. The molecule has 15 heavy (non-hydrogen) atoms. The molecule has 2 saturated carbocycles. The molecule has 0 N–H and O–H groups in total. The molecule has 2 aliphatic rings. The van der Waals surface area contributed by atoms with Crippen molar-refractivity contribution in [2.24, 2.45) is 11.8 Å². The van der Waals surface area contributed by atoms with Crippen molar-refractivity contribution in [2.45, 2.75) is 37.8 Å². The highest BCUT2D eigenvalue weighted by atomic mass is 16.6. The van der Waals surface area contributed by atoms with Crippen LogP contribution < -0.4 is 0 Å². The van der Waals surface area contributed by atoms with Gasteiger partial charge in [0.25, 0.3) is 0 Å². The summed E-state index contributed by atoms with van der Waals surface area (Å²) in [4.78, 5) is 22.2. The van der Waals surface area contributed by atoms with E-state index in [2.05, 4.69) is 0 Å². The summed E-state index contributed by atoms with van der Waals surface area (Å²) >= 11 is 0. The van der Waals surface area contributed by atoms with Crippen LogP contribution in [0.1, 0.15) is 25.7 Å². The Labute approximate surface area is 87.9 Å². The predicted octanol–water partition coefficient (Wildman–Crippen LogP) is 1.04. The monoisotopic (exact) mass is 213 g/mol. The zero-order chi connectivity index (χ0) is 11.0. The van der Waals surface area contributed by atoms with Crippen LogP contribution in [0.5, 0.6) is 0 Å². The molecule has 2 rings (SSSR count). The van der Waals surface area contributed by atoms with Crippen LogP contribution in [-0.2, 0) is 9.53 Å². The van der Waals surface area contributed by atoms with Gasteiger partial charge in [0.2, 0.25) is 6.04 Å². The van der Waals surface area contributed by atoms with Gasteiger partial charge in [-0.25, -0.2) is 0 Å². The Balaban J connectivity index is 2.21. The van der Waals surface area contributed by atoms with Crippen molar-refractivity contribution >= 4 is 5.78 Å². The number of Topliss-reactive ketones (excluding diaryl/α,β-unsaturated/α-hetero) is 1. The topological polar surface area (TPSA) is 69.4 Å². The summed E-state index contributed by atoms with van der Waals surface area (Å²) in [5, 5.41) is 10.8. The molecule has 0 saturated heterocycles. The smallest absolute Gasteiger partial charge is 0.239 e. The van der Waals surface area contributed by atoms with Gasteiger partial charge in [0.1, 0.15) is 11.9 Å². The highest BCUT2D eigenvalue weighted by molar-refractivity contribution is 5.84. The van der Waals surface area contributed by atoms with Crippen molar-refractivity contribution in [3.63, 3.8) is 0 Å². The Bertz CT molecular complexity index is 291. The molecule has 5 heteroatoms. The van der Waals surface area contributed by atoms with Gasteiger partial charge in [-0.2, -0.15) is 0 Å². The van der Waals surface area contributed by atoms with Crippen molar-refractivity contribution in [3.05, 3.63) is 10.1 Å². The number of hydrogen-bond donors (Lipinski definition) is 0. The van der Waals surface area contributed by atoms with Gasteiger partial charge in [0.05, 0.1) is 5.92 Å². The van der Waals surface area contributed by atoms with Gasteiger partial charge in [-0.3, -0.25) is 14.9 Å². The maximum Gasteiger partial charge on any atom is 0.239 e. The van der Waals surface area contributed by atoms with Crippen LogP contribution in [0.3, 0.4) is 0 Å². The molecule has 0 radical (unpaired) electrons. The van der Waals surface area contributed by atoms with Gasteiger partial charge >= 0.3 is 0 Å². The predicted molar refractivity (Wildman–Crippen MR) is 52.0 cm³/mol. The maximum absolute atomic E-state index is 11.6. The van der Waals surface area contributed by atoms with Gasteiger partial charge in [0, 0.05) is 24.9 Å². The Morgan fingerprint density at radius 1 is 1.40 bits per heavy atom. The van der Waals surface area contributed by atoms with Gasteiger partial charge < -0.3 is 4.74 Å². The minimum Gasteiger partial charge on any atom is -0.374 e. The zero-order valence-electron chi connectivity index (χ0n) is 8.72. The number of methoxy groups -OCH3 is 1. The van der Waals surface area contributed by atoms with Gasteiger partial charge in [-0.05, 0) is 18.8 Å². The molecule has 0 aromatic heterocycles. The SMILES string of the molecule is COC1C2C(=O)CCC2CCC1[N+](=O)[O-]. The number of carbonyl (C=O) groups excluding carboxylic acids is 1. The standard InChI is InChI=1S/C10H15NO4/c1-15-10-7(11(13)14)4-2-6-3-5-8(12)9(6)10/h6-7,9-10H,2-5H2,1H3. The molecular weight excluding hydrogens is 198 g/mol. The van der Waals surface area contributed by atoms with E-state index in [0.29, 0.717) is 18.8 Å². The Morgan fingerprint density at radius 2 is 2.13 bits per heavy atom. The van der Waals surface area contributed by atoms with Crippen LogP contribution in [0.2, 0.25) is 0 Å². The third kappa shape index (κ3) is 1.65. The van der Waals surface area contributed by atoms with Crippen LogP contribution in [0.15, 0.2) is 0 Å². The zero-order valence-corrected chi connectivity index (χ0v) is 8.72. The summed E-state index contributed by atoms with van der Waals surface area (Å²) in [5.74, 6) is 0.246. The Morgan fingerprint density at radius 3 is 2.73 bits per heavy atom. The van der Waals surface area contributed by atoms with E-state index in [1.165, 1.54) is 7.11 Å². The summed E-state index contributed by atoms with van der Waals surface area (Å²) in [6.45, 7) is 0. The fourth-order valence-electron chi connectivity index (χ4n) is 3.03. The average molecular weight is 213 g/mol. The van der Waals surface area contributed by atoms with E-state index in [9.17, 15) is 14.9 Å². The van der Waals surface area contributed by atoms with E-state index in [4.69, 9.17) is 4.74 Å². The lowest BCUT2D eigenvalue weighted by molar-refractivity contribution is -0.540.